The van der Waals surface area contributed by atoms with Gasteiger partial charge >= 0.3 is 6.18 Å². The highest BCUT2D eigenvalue weighted by molar-refractivity contribution is 6.05. The Morgan fingerprint density at radius 1 is 1.10 bits per heavy atom. The van der Waals surface area contributed by atoms with Crippen molar-refractivity contribution in [3.8, 4) is 0 Å². The van der Waals surface area contributed by atoms with Crippen LogP contribution in [0.1, 0.15) is 21.5 Å². The Kier molecular flexibility index (Phi) is 3.97. The van der Waals surface area contributed by atoms with Crippen molar-refractivity contribution in [2.24, 2.45) is 0 Å². The van der Waals surface area contributed by atoms with Gasteiger partial charge in [-0.2, -0.15) is 13.2 Å². The molecule has 2 aromatic rings. The maximum Gasteiger partial charge on any atom is 0.417 e. The first-order valence-corrected chi connectivity index (χ1v) is 6.03. The lowest BCUT2D eigenvalue weighted by Gasteiger charge is -2.13. The molecule has 0 atom stereocenters. The Balaban J connectivity index is 2.36. The van der Waals surface area contributed by atoms with E-state index in [-0.39, 0.29) is 5.69 Å². The molecule has 0 saturated carbocycles. The maximum atomic E-state index is 13.5. The Morgan fingerprint density at radius 2 is 1.76 bits per heavy atom. The third-order valence-electron chi connectivity index (χ3n) is 2.85. The molecule has 0 radical (unpaired) electrons. The van der Waals surface area contributed by atoms with Crippen molar-refractivity contribution in [2.45, 2.75) is 13.1 Å². The van der Waals surface area contributed by atoms with E-state index >= 15 is 0 Å². The van der Waals surface area contributed by atoms with Gasteiger partial charge in [0, 0.05) is 0 Å². The average molecular weight is 297 g/mol. The minimum absolute atomic E-state index is 0.156. The number of hydrogen-bond donors (Lipinski definition) is 1. The molecule has 0 aromatic heterocycles. The number of nitrogens with one attached hydrogen (secondary N) is 1. The van der Waals surface area contributed by atoms with Crippen LogP contribution < -0.4 is 5.32 Å². The van der Waals surface area contributed by atoms with Gasteiger partial charge in [-0.15, -0.1) is 0 Å². The number of hydrogen-bond acceptors (Lipinski definition) is 1. The molecule has 2 nitrogen and oxygen atoms in total. The number of anilines is 1. The zero-order valence-electron chi connectivity index (χ0n) is 11.0. The first-order valence-electron chi connectivity index (χ1n) is 6.03. The quantitative estimate of drug-likeness (QED) is 0.818. The van der Waals surface area contributed by atoms with Crippen molar-refractivity contribution in [3.05, 3.63) is 65.0 Å². The van der Waals surface area contributed by atoms with Crippen LogP contribution in [0, 0.1) is 12.7 Å². The van der Waals surface area contributed by atoms with Gasteiger partial charge in [0.2, 0.25) is 0 Å². The van der Waals surface area contributed by atoms with Crippen molar-refractivity contribution in [3.63, 3.8) is 0 Å². The zero-order valence-corrected chi connectivity index (χ0v) is 11.0. The van der Waals surface area contributed by atoms with Crippen molar-refractivity contribution in [1.82, 2.24) is 0 Å². The molecule has 0 bridgehead atoms. The van der Waals surface area contributed by atoms with Gasteiger partial charge in [-0.05, 0) is 36.8 Å². The van der Waals surface area contributed by atoms with E-state index in [4.69, 9.17) is 0 Å². The standard InChI is InChI=1S/C15H11F4NO/c1-9-6-7-12(16)13(8-9)20-14(21)10-4-2-3-5-11(10)15(17,18)19/h2-8H,1H3,(H,20,21). The molecule has 0 heterocycles. The molecule has 0 aliphatic rings. The van der Waals surface area contributed by atoms with Crippen LogP contribution in [-0.4, -0.2) is 5.91 Å². The fraction of sp³-hybridized carbons (Fsp3) is 0.133. The lowest BCUT2D eigenvalue weighted by atomic mass is 10.1. The molecule has 0 aliphatic heterocycles. The first-order chi connectivity index (χ1) is 9.79. The fourth-order valence-corrected chi connectivity index (χ4v) is 1.85. The summed E-state index contributed by atoms with van der Waals surface area (Å²) >= 11 is 0. The molecular formula is C15H11F4NO. The number of carbonyl (C=O) groups excluding carboxylic acids is 1. The summed E-state index contributed by atoms with van der Waals surface area (Å²) in [4.78, 5) is 12.0. The van der Waals surface area contributed by atoms with E-state index in [2.05, 4.69) is 5.32 Å². The average Bonchev–Trinajstić information content (AvgIpc) is 2.42. The van der Waals surface area contributed by atoms with Crippen molar-refractivity contribution in [2.75, 3.05) is 5.32 Å². The third-order valence-corrected chi connectivity index (χ3v) is 2.85. The second-order valence-corrected chi connectivity index (χ2v) is 4.48. The van der Waals surface area contributed by atoms with Crippen LogP contribution in [0.3, 0.4) is 0 Å². The minimum Gasteiger partial charge on any atom is -0.319 e. The first kappa shape index (κ1) is 15.0. The zero-order chi connectivity index (χ0) is 15.6. The molecule has 0 saturated heterocycles. The number of carbonyl (C=O) groups is 1. The summed E-state index contributed by atoms with van der Waals surface area (Å²) in [5.74, 6) is -1.72. The van der Waals surface area contributed by atoms with Gasteiger partial charge in [0.25, 0.3) is 5.91 Å². The number of amides is 1. The minimum atomic E-state index is -4.65. The molecule has 1 N–H and O–H groups in total. The van der Waals surface area contributed by atoms with Crippen LogP contribution in [0.15, 0.2) is 42.5 Å². The fourth-order valence-electron chi connectivity index (χ4n) is 1.85. The van der Waals surface area contributed by atoms with E-state index in [9.17, 15) is 22.4 Å². The van der Waals surface area contributed by atoms with Crippen molar-refractivity contribution in [1.29, 1.82) is 0 Å². The van der Waals surface area contributed by atoms with Gasteiger partial charge in [0.1, 0.15) is 5.82 Å². The van der Waals surface area contributed by atoms with E-state index in [0.29, 0.717) is 5.56 Å². The van der Waals surface area contributed by atoms with E-state index in [1.54, 1.807) is 6.92 Å². The van der Waals surface area contributed by atoms with Crippen LogP contribution in [0.2, 0.25) is 0 Å². The molecule has 0 spiro atoms. The Bertz CT molecular complexity index is 680. The Labute approximate surface area is 118 Å². The molecule has 1 amide bonds. The second-order valence-electron chi connectivity index (χ2n) is 4.48. The molecule has 6 heteroatoms. The highest BCUT2D eigenvalue weighted by atomic mass is 19.4. The topological polar surface area (TPSA) is 29.1 Å². The van der Waals surface area contributed by atoms with E-state index in [0.717, 1.165) is 18.2 Å². The van der Waals surface area contributed by atoms with Gasteiger partial charge in [0.15, 0.2) is 0 Å². The SMILES string of the molecule is Cc1ccc(F)c(NC(=O)c2ccccc2C(F)(F)F)c1. The number of rotatable bonds is 2. The second kappa shape index (κ2) is 5.55. The summed E-state index contributed by atoms with van der Waals surface area (Å²) in [5.41, 5.74) is -1.09. The predicted molar refractivity (Wildman–Crippen MR) is 70.5 cm³/mol. The van der Waals surface area contributed by atoms with Crippen LogP contribution in [0.25, 0.3) is 0 Å². The Morgan fingerprint density at radius 3 is 2.43 bits per heavy atom. The van der Waals surface area contributed by atoms with Crippen molar-refractivity contribution < 1.29 is 22.4 Å². The normalized spacial score (nSPS) is 11.3. The highest BCUT2D eigenvalue weighted by Crippen LogP contribution is 2.32. The summed E-state index contributed by atoms with van der Waals surface area (Å²) in [7, 11) is 0. The third kappa shape index (κ3) is 3.39. The van der Waals surface area contributed by atoms with Gasteiger partial charge in [-0.3, -0.25) is 4.79 Å². The largest absolute Gasteiger partial charge is 0.417 e. The number of aryl methyl sites for hydroxylation is 1. The molecule has 0 aliphatic carbocycles. The molecule has 2 aromatic carbocycles. The van der Waals surface area contributed by atoms with E-state index < -0.39 is 29.0 Å². The summed E-state index contributed by atoms with van der Waals surface area (Å²) in [6.07, 6.45) is -4.65. The van der Waals surface area contributed by atoms with Gasteiger partial charge in [0.05, 0.1) is 16.8 Å². The van der Waals surface area contributed by atoms with Gasteiger partial charge < -0.3 is 5.32 Å². The number of alkyl halides is 3. The molecule has 0 unspecified atom stereocenters. The van der Waals surface area contributed by atoms with Gasteiger partial charge in [-0.1, -0.05) is 18.2 Å². The van der Waals surface area contributed by atoms with Gasteiger partial charge in [-0.25, -0.2) is 4.39 Å². The molecular weight excluding hydrogens is 286 g/mol. The number of halogens is 4. The van der Waals surface area contributed by atoms with Crippen molar-refractivity contribution >= 4 is 11.6 Å². The maximum absolute atomic E-state index is 13.5. The highest BCUT2D eigenvalue weighted by Gasteiger charge is 2.34. The molecule has 21 heavy (non-hydrogen) atoms. The lowest BCUT2D eigenvalue weighted by molar-refractivity contribution is -0.137. The lowest BCUT2D eigenvalue weighted by Crippen LogP contribution is -2.19. The monoisotopic (exact) mass is 297 g/mol. The summed E-state index contributed by atoms with van der Waals surface area (Å²) < 4.78 is 52.1. The smallest absolute Gasteiger partial charge is 0.319 e. The van der Waals surface area contributed by atoms with Crippen LogP contribution >= 0.6 is 0 Å². The Hall–Kier alpha value is -2.37. The molecule has 110 valence electrons. The molecule has 2 rings (SSSR count). The summed E-state index contributed by atoms with van der Waals surface area (Å²) in [6.45, 7) is 1.68. The number of benzene rings is 2. The summed E-state index contributed by atoms with van der Waals surface area (Å²) in [5, 5.41) is 2.17. The van der Waals surface area contributed by atoms with E-state index in [1.165, 1.54) is 24.3 Å². The van der Waals surface area contributed by atoms with Crippen LogP contribution in [0.4, 0.5) is 23.2 Å². The molecule has 0 fully saturated rings. The summed E-state index contributed by atoms with van der Waals surface area (Å²) in [6, 6.07) is 8.34. The van der Waals surface area contributed by atoms with Crippen LogP contribution in [-0.2, 0) is 6.18 Å². The van der Waals surface area contributed by atoms with Crippen LogP contribution in [0.5, 0.6) is 0 Å². The predicted octanol–water partition coefficient (Wildman–Crippen LogP) is 4.41. The van der Waals surface area contributed by atoms with E-state index in [1.807, 2.05) is 0 Å².